The number of benzene rings is 3. The van der Waals surface area contributed by atoms with Crippen LogP contribution in [0.4, 0.5) is 17.1 Å². The molecule has 2 heterocycles. The molecule has 2 saturated heterocycles. The lowest BCUT2D eigenvalue weighted by Crippen LogP contribution is -2.48. The molecule has 0 spiro atoms. The standard InChI is InChI=1S/C30H32N4O4/c1-21-3-9-25(10-4-21)32-15-17-33(18-16-32)30(37)22-5-7-24(8-6-22)31-29(36)23-19-28(35)34(20-23)26-11-13-27(38-2)14-12-26/h3-14,23H,15-20H2,1-2H3,(H,31,36). The normalized spacial score (nSPS) is 17.5. The molecule has 3 amide bonds. The Bertz CT molecular complexity index is 1300. The van der Waals surface area contributed by atoms with Crippen LogP contribution in [0.5, 0.6) is 5.75 Å². The van der Waals surface area contributed by atoms with Crippen LogP contribution in [0.3, 0.4) is 0 Å². The molecule has 1 atom stereocenters. The van der Waals surface area contributed by atoms with Crippen molar-refractivity contribution in [2.45, 2.75) is 13.3 Å². The van der Waals surface area contributed by atoms with Gasteiger partial charge in [-0.1, -0.05) is 17.7 Å². The molecule has 196 valence electrons. The molecule has 0 aromatic heterocycles. The highest BCUT2D eigenvalue weighted by molar-refractivity contribution is 6.03. The van der Waals surface area contributed by atoms with Gasteiger partial charge in [0.2, 0.25) is 11.8 Å². The molecule has 3 aromatic rings. The molecule has 2 fully saturated rings. The van der Waals surface area contributed by atoms with E-state index in [0.29, 0.717) is 36.6 Å². The summed E-state index contributed by atoms with van der Waals surface area (Å²) in [5.74, 6) is -0.0424. The minimum absolute atomic E-state index is 0.0112. The number of piperazine rings is 1. The quantitative estimate of drug-likeness (QED) is 0.541. The second kappa shape index (κ2) is 11.0. The molecule has 38 heavy (non-hydrogen) atoms. The van der Waals surface area contributed by atoms with Gasteiger partial charge in [-0.15, -0.1) is 0 Å². The first kappa shape index (κ1) is 25.3. The fourth-order valence-corrected chi connectivity index (χ4v) is 4.94. The molecule has 1 N–H and O–H groups in total. The van der Waals surface area contributed by atoms with Gasteiger partial charge in [0.05, 0.1) is 13.0 Å². The smallest absolute Gasteiger partial charge is 0.253 e. The summed E-state index contributed by atoms with van der Waals surface area (Å²) in [6.07, 6.45) is 0.156. The average molecular weight is 513 g/mol. The van der Waals surface area contributed by atoms with E-state index >= 15 is 0 Å². The highest BCUT2D eigenvalue weighted by Gasteiger charge is 2.35. The average Bonchev–Trinajstić information content (AvgIpc) is 3.35. The number of aryl methyl sites for hydroxylation is 1. The summed E-state index contributed by atoms with van der Waals surface area (Å²) < 4.78 is 5.17. The van der Waals surface area contributed by atoms with Crippen LogP contribution in [-0.2, 0) is 9.59 Å². The van der Waals surface area contributed by atoms with Crippen LogP contribution in [0, 0.1) is 12.8 Å². The molecule has 8 heteroatoms. The Morgan fingerprint density at radius 2 is 1.47 bits per heavy atom. The molecule has 0 saturated carbocycles. The number of ether oxygens (including phenoxy) is 1. The summed E-state index contributed by atoms with van der Waals surface area (Å²) in [5, 5.41) is 2.90. The zero-order valence-corrected chi connectivity index (χ0v) is 21.7. The van der Waals surface area contributed by atoms with Crippen molar-refractivity contribution >= 4 is 34.8 Å². The first-order valence-electron chi connectivity index (χ1n) is 12.9. The van der Waals surface area contributed by atoms with Crippen LogP contribution in [0.25, 0.3) is 0 Å². The van der Waals surface area contributed by atoms with Crippen LogP contribution in [-0.4, -0.2) is 62.5 Å². The molecule has 0 aliphatic carbocycles. The summed E-state index contributed by atoms with van der Waals surface area (Å²) in [5.41, 5.74) is 4.35. The van der Waals surface area contributed by atoms with Crippen LogP contribution in [0.2, 0.25) is 0 Å². The first-order chi connectivity index (χ1) is 18.4. The van der Waals surface area contributed by atoms with Crippen LogP contribution >= 0.6 is 0 Å². The van der Waals surface area contributed by atoms with Gasteiger partial charge in [-0.05, 0) is 67.6 Å². The molecular weight excluding hydrogens is 480 g/mol. The summed E-state index contributed by atoms with van der Waals surface area (Å²) in [4.78, 5) is 44.3. The van der Waals surface area contributed by atoms with Crippen molar-refractivity contribution in [3.05, 3.63) is 83.9 Å². The van der Waals surface area contributed by atoms with Gasteiger partial charge in [0.25, 0.3) is 5.91 Å². The Hall–Kier alpha value is -4.33. The second-order valence-corrected chi connectivity index (χ2v) is 9.78. The topological polar surface area (TPSA) is 82.2 Å². The van der Waals surface area contributed by atoms with Gasteiger partial charge in [0, 0.05) is 61.8 Å². The fourth-order valence-electron chi connectivity index (χ4n) is 4.94. The highest BCUT2D eigenvalue weighted by atomic mass is 16.5. The number of amides is 3. The van der Waals surface area contributed by atoms with Gasteiger partial charge in [-0.3, -0.25) is 14.4 Å². The van der Waals surface area contributed by atoms with E-state index in [0.717, 1.165) is 18.8 Å². The lowest BCUT2D eigenvalue weighted by Gasteiger charge is -2.36. The minimum atomic E-state index is -0.448. The minimum Gasteiger partial charge on any atom is -0.497 e. The number of carbonyl (C=O) groups excluding carboxylic acids is 3. The Kier molecular flexibility index (Phi) is 7.31. The van der Waals surface area contributed by atoms with Crippen LogP contribution < -0.4 is 19.9 Å². The molecule has 2 aliphatic heterocycles. The third kappa shape index (κ3) is 5.49. The maximum atomic E-state index is 13.0. The molecular formula is C30H32N4O4. The fraction of sp³-hybridized carbons (Fsp3) is 0.300. The van der Waals surface area contributed by atoms with E-state index in [9.17, 15) is 14.4 Å². The number of nitrogens with zero attached hydrogens (tertiary/aromatic N) is 3. The van der Waals surface area contributed by atoms with Gasteiger partial charge in [-0.2, -0.15) is 0 Å². The van der Waals surface area contributed by atoms with E-state index in [2.05, 4.69) is 41.4 Å². The van der Waals surface area contributed by atoms with Crippen molar-refractivity contribution in [1.29, 1.82) is 0 Å². The number of hydrogen-bond donors (Lipinski definition) is 1. The maximum Gasteiger partial charge on any atom is 0.253 e. The van der Waals surface area contributed by atoms with Crippen LogP contribution in [0.15, 0.2) is 72.8 Å². The monoisotopic (exact) mass is 512 g/mol. The largest absolute Gasteiger partial charge is 0.497 e. The molecule has 3 aromatic carbocycles. The summed E-state index contributed by atoms with van der Waals surface area (Å²) in [7, 11) is 1.59. The summed E-state index contributed by atoms with van der Waals surface area (Å²) in [6.45, 7) is 5.29. The van der Waals surface area contributed by atoms with E-state index in [1.54, 1.807) is 48.4 Å². The summed E-state index contributed by atoms with van der Waals surface area (Å²) in [6, 6.07) is 22.6. The van der Waals surface area contributed by atoms with Gasteiger partial charge in [-0.25, -0.2) is 0 Å². The van der Waals surface area contributed by atoms with Crippen molar-refractivity contribution < 1.29 is 19.1 Å². The van der Waals surface area contributed by atoms with Crippen molar-refractivity contribution in [1.82, 2.24) is 4.90 Å². The molecule has 0 bridgehead atoms. The predicted molar refractivity (Wildman–Crippen MR) is 148 cm³/mol. The Morgan fingerprint density at radius 1 is 0.842 bits per heavy atom. The van der Waals surface area contributed by atoms with Gasteiger partial charge >= 0.3 is 0 Å². The van der Waals surface area contributed by atoms with E-state index in [1.165, 1.54) is 11.3 Å². The van der Waals surface area contributed by atoms with E-state index in [1.807, 2.05) is 17.0 Å². The highest BCUT2D eigenvalue weighted by Crippen LogP contribution is 2.28. The van der Waals surface area contributed by atoms with Gasteiger partial charge in [0.15, 0.2) is 0 Å². The maximum absolute atomic E-state index is 13.0. The second-order valence-electron chi connectivity index (χ2n) is 9.78. The number of hydrogen-bond acceptors (Lipinski definition) is 5. The zero-order valence-electron chi connectivity index (χ0n) is 21.7. The van der Waals surface area contributed by atoms with Gasteiger partial charge < -0.3 is 24.8 Å². The number of anilines is 3. The zero-order chi connectivity index (χ0) is 26.6. The molecule has 5 rings (SSSR count). The number of nitrogens with one attached hydrogen (secondary N) is 1. The molecule has 1 unspecified atom stereocenters. The number of rotatable bonds is 6. The van der Waals surface area contributed by atoms with E-state index < -0.39 is 5.92 Å². The Labute approximate surface area is 222 Å². The van der Waals surface area contributed by atoms with Gasteiger partial charge in [0.1, 0.15) is 5.75 Å². The van der Waals surface area contributed by atoms with Crippen molar-refractivity contribution in [2.24, 2.45) is 5.92 Å². The third-order valence-electron chi connectivity index (χ3n) is 7.25. The SMILES string of the molecule is COc1ccc(N2CC(C(=O)Nc3ccc(C(=O)N4CCN(c5ccc(C)cc5)CC4)cc3)CC2=O)cc1. The summed E-state index contributed by atoms with van der Waals surface area (Å²) >= 11 is 0. The number of carbonyl (C=O) groups is 3. The van der Waals surface area contributed by atoms with Crippen molar-refractivity contribution in [2.75, 3.05) is 55.0 Å². The van der Waals surface area contributed by atoms with Crippen molar-refractivity contribution in [3.63, 3.8) is 0 Å². The molecule has 8 nitrogen and oxygen atoms in total. The Morgan fingerprint density at radius 3 is 2.11 bits per heavy atom. The predicted octanol–water partition coefficient (Wildman–Crippen LogP) is 3.96. The number of methoxy groups -OCH3 is 1. The Balaban J connectivity index is 1.14. The van der Waals surface area contributed by atoms with E-state index in [-0.39, 0.29) is 24.1 Å². The van der Waals surface area contributed by atoms with E-state index in [4.69, 9.17) is 4.74 Å². The van der Waals surface area contributed by atoms with Crippen LogP contribution in [0.1, 0.15) is 22.3 Å². The first-order valence-corrected chi connectivity index (χ1v) is 12.9. The molecule has 2 aliphatic rings. The lowest BCUT2D eigenvalue weighted by atomic mass is 10.1. The lowest BCUT2D eigenvalue weighted by molar-refractivity contribution is -0.122. The third-order valence-corrected chi connectivity index (χ3v) is 7.25. The van der Waals surface area contributed by atoms with Crippen molar-refractivity contribution in [3.8, 4) is 5.75 Å². The molecule has 0 radical (unpaired) electrons.